The Hall–Kier alpha value is -2.37. The number of carbonyl (C=O) groups is 1. The number of sulfonamides is 1. The van der Waals surface area contributed by atoms with Gasteiger partial charge in [-0.25, -0.2) is 17.5 Å². The van der Waals surface area contributed by atoms with Gasteiger partial charge in [0.15, 0.2) is 0 Å². The second kappa shape index (κ2) is 10.7. The van der Waals surface area contributed by atoms with Crippen molar-refractivity contribution in [1.29, 1.82) is 0 Å². The summed E-state index contributed by atoms with van der Waals surface area (Å²) in [5.41, 5.74) is -0.194. The number of amides is 1. The number of piperidine rings is 1. The normalized spacial score (nSPS) is 18.3. The number of carbonyl (C=O) groups excluding carboxylic acids is 1. The lowest BCUT2D eigenvalue weighted by Crippen LogP contribution is -2.41. The highest BCUT2D eigenvalue weighted by atomic mass is 35.5. The monoisotopic (exact) mass is 576 g/mol. The van der Waals surface area contributed by atoms with Gasteiger partial charge < -0.3 is 4.74 Å². The molecule has 208 valence electrons. The second-order valence-electron chi connectivity index (χ2n) is 10.6. The Morgan fingerprint density at radius 1 is 1.16 bits per heavy atom. The van der Waals surface area contributed by atoms with Gasteiger partial charge in [0.1, 0.15) is 11.6 Å². The zero-order valence-electron chi connectivity index (χ0n) is 21.0. The van der Waals surface area contributed by atoms with Crippen molar-refractivity contribution in [3.8, 4) is 5.75 Å². The van der Waals surface area contributed by atoms with Gasteiger partial charge in [-0.1, -0.05) is 18.5 Å². The Balaban J connectivity index is 1.39. The van der Waals surface area contributed by atoms with Gasteiger partial charge in [-0.15, -0.1) is 0 Å². The van der Waals surface area contributed by atoms with Crippen molar-refractivity contribution in [2.45, 2.75) is 51.2 Å². The molecule has 2 fully saturated rings. The van der Waals surface area contributed by atoms with Crippen molar-refractivity contribution in [2.75, 3.05) is 26.0 Å². The summed E-state index contributed by atoms with van der Waals surface area (Å²) < 4.78 is 84.8. The van der Waals surface area contributed by atoms with E-state index in [9.17, 15) is 30.8 Å². The summed E-state index contributed by atoms with van der Waals surface area (Å²) in [7, 11) is -3.84. The molecule has 1 N–H and O–H groups in total. The minimum Gasteiger partial charge on any atom is -0.493 e. The molecule has 6 nitrogen and oxygen atoms in total. The van der Waals surface area contributed by atoms with E-state index in [2.05, 4.69) is 4.90 Å². The van der Waals surface area contributed by atoms with Crippen molar-refractivity contribution in [3.05, 3.63) is 63.4 Å². The predicted molar refractivity (Wildman–Crippen MR) is 135 cm³/mol. The van der Waals surface area contributed by atoms with Crippen LogP contribution in [0.15, 0.2) is 30.3 Å². The zero-order valence-corrected chi connectivity index (χ0v) is 22.6. The third-order valence-corrected chi connectivity index (χ3v) is 7.74. The molecule has 0 spiro atoms. The average Bonchev–Trinajstić information content (AvgIpc) is 3.63. The molecule has 38 heavy (non-hydrogen) atoms. The van der Waals surface area contributed by atoms with Crippen molar-refractivity contribution in [1.82, 2.24) is 9.62 Å². The number of likely N-dealkylation sites (tertiary alicyclic amines) is 1. The second-order valence-corrected chi connectivity index (χ2v) is 12.8. The van der Waals surface area contributed by atoms with E-state index in [1.165, 1.54) is 6.07 Å². The Bertz CT molecular complexity index is 1320. The van der Waals surface area contributed by atoms with Gasteiger partial charge in [0.25, 0.3) is 5.91 Å². The van der Waals surface area contributed by atoms with Crippen LogP contribution in [0.25, 0.3) is 0 Å². The summed E-state index contributed by atoms with van der Waals surface area (Å²) in [6, 6.07) is 6.09. The third kappa shape index (κ3) is 7.39. The van der Waals surface area contributed by atoms with Crippen LogP contribution in [0.1, 0.15) is 65.6 Å². The minimum atomic E-state index is -4.47. The number of halogens is 5. The summed E-state index contributed by atoms with van der Waals surface area (Å²) in [6.07, 6.45) is -0.484. The van der Waals surface area contributed by atoms with Gasteiger partial charge in [0.2, 0.25) is 10.0 Å². The molecular formula is C26H29ClF4N2O4S. The van der Waals surface area contributed by atoms with Gasteiger partial charge in [-0.05, 0) is 80.1 Å². The number of alkyl halides is 3. The number of rotatable bonds is 8. The lowest BCUT2D eigenvalue weighted by Gasteiger charge is -2.39. The Labute approximate surface area is 224 Å². The molecule has 0 aromatic heterocycles. The van der Waals surface area contributed by atoms with E-state index in [-0.39, 0.29) is 21.9 Å². The molecular weight excluding hydrogens is 548 g/mol. The number of benzene rings is 2. The topological polar surface area (TPSA) is 75.7 Å². The van der Waals surface area contributed by atoms with Gasteiger partial charge in [0.05, 0.1) is 24.0 Å². The standard InChI is InChI=1S/C26H29ClF4N2O4S/c1-25(5-7-33(8-6-25)14-16-9-18(26(29,30)31)11-19(27)10-16)15-37-23-13-22(28)21(12-20(23)17-3-4-17)24(34)32-38(2,35)36/h9-13,17H,3-8,14-15H2,1-2H3,(H,32,34). The Kier molecular flexibility index (Phi) is 8.03. The quantitative estimate of drug-likeness (QED) is 0.405. The highest BCUT2D eigenvalue weighted by molar-refractivity contribution is 7.89. The molecule has 0 radical (unpaired) electrons. The number of hydrogen-bond acceptors (Lipinski definition) is 5. The highest BCUT2D eigenvalue weighted by Gasteiger charge is 2.35. The van der Waals surface area contributed by atoms with Gasteiger partial charge >= 0.3 is 6.18 Å². The molecule has 2 aromatic carbocycles. The first-order valence-electron chi connectivity index (χ1n) is 12.2. The van der Waals surface area contributed by atoms with Crippen LogP contribution in [-0.2, 0) is 22.7 Å². The average molecular weight is 577 g/mol. The third-order valence-electron chi connectivity index (χ3n) is 6.97. The van der Waals surface area contributed by atoms with Crippen LogP contribution in [0, 0.1) is 11.2 Å². The number of ether oxygens (including phenoxy) is 1. The van der Waals surface area contributed by atoms with Crippen molar-refractivity contribution in [2.24, 2.45) is 5.41 Å². The maximum absolute atomic E-state index is 14.8. The molecule has 12 heteroatoms. The maximum Gasteiger partial charge on any atom is 0.416 e. The van der Waals surface area contributed by atoms with E-state index >= 15 is 0 Å². The molecule has 0 bridgehead atoms. The molecule has 2 aliphatic rings. The molecule has 0 atom stereocenters. The summed E-state index contributed by atoms with van der Waals surface area (Å²) in [5, 5.41) is 0.0450. The molecule has 1 aliphatic carbocycles. The SMILES string of the molecule is CC1(COc2cc(F)c(C(=O)NS(C)(=O)=O)cc2C2CC2)CCN(Cc2cc(Cl)cc(C(F)(F)F)c2)CC1. The molecule has 4 rings (SSSR count). The zero-order chi connectivity index (χ0) is 27.9. The first-order chi connectivity index (χ1) is 17.6. The van der Waals surface area contributed by atoms with Crippen LogP contribution in [0.2, 0.25) is 5.02 Å². The van der Waals surface area contributed by atoms with Gasteiger partial charge in [-0.3, -0.25) is 9.69 Å². The summed E-state index contributed by atoms with van der Waals surface area (Å²) in [4.78, 5) is 14.3. The van der Waals surface area contributed by atoms with Crippen LogP contribution in [0.3, 0.4) is 0 Å². The van der Waals surface area contributed by atoms with Gasteiger partial charge in [-0.2, -0.15) is 13.2 Å². The van der Waals surface area contributed by atoms with E-state index in [4.69, 9.17) is 16.3 Å². The molecule has 1 saturated carbocycles. The fourth-order valence-electron chi connectivity index (χ4n) is 4.62. The van der Waals surface area contributed by atoms with E-state index in [0.29, 0.717) is 43.1 Å². The predicted octanol–water partition coefficient (Wildman–Crippen LogP) is 5.75. The maximum atomic E-state index is 14.8. The first kappa shape index (κ1) is 28.6. The lowest BCUT2D eigenvalue weighted by atomic mass is 9.81. The van der Waals surface area contributed by atoms with Crippen molar-refractivity contribution < 1.29 is 35.5 Å². The van der Waals surface area contributed by atoms with Gasteiger partial charge in [0, 0.05) is 23.0 Å². The minimum absolute atomic E-state index is 0.0450. The fourth-order valence-corrected chi connectivity index (χ4v) is 5.32. The molecule has 1 saturated heterocycles. The molecule has 1 aliphatic heterocycles. The van der Waals surface area contributed by atoms with Crippen LogP contribution >= 0.6 is 11.6 Å². The first-order valence-corrected chi connectivity index (χ1v) is 14.5. The number of nitrogens with zero attached hydrogens (tertiary/aromatic N) is 1. The van der Waals surface area contributed by atoms with Crippen LogP contribution in [0.5, 0.6) is 5.75 Å². The summed E-state index contributed by atoms with van der Waals surface area (Å²) in [5.74, 6) is -1.45. The van der Waals surface area contributed by atoms with Crippen molar-refractivity contribution >= 4 is 27.5 Å². The van der Waals surface area contributed by atoms with E-state index < -0.39 is 33.5 Å². The van der Waals surface area contributed by atoms with Crippen molar-refractivity contribution in [3.63, 3.8) is 0 Å². The largest absolute Gasteiger partial charge is 0.493 e. The number of nitrogens with one attached hydrogen (secondary N) is 1. The molecule has 0 unspecified atom stereocenters. The highest BCUT2D eigenvalue weighted by Crippen LogP contribution is 2.46. The Morgan fingerprint density at radius 2 is 1.82 bits per heavy atom. The van der Waals surface area contributed by atoms with Crippen LogP contribution < -0.4 is 9.46 Å². The smallest absolute Gasteiger partial charge is 0.416 e. The van der Waals surface area contributed by atoms with E-state index in [1.54, 1.807) is 10.8 Å². The summed E-state index contributed by atoms with van der Waals surface area (Å²) in [6.45, 7) is 3.97. The fraction of sp³-hybridized carbons (Fsp3) is 0.500. The van der Waals surface area contributed by atoms with E-state index in [1.807, 2.05) is 6.92 Å². The Morgan fingerprint density at radius 3 is 2.39 bits per heavy atom. The molecule has 1 amide bonds. The molecule has 2 aromatic rings. The van der Waals surface area contributed by atoms with Crippen LogP contribution in [0.4, 0.5) is 17.6 Å². The molecule has 1 heterocycles. The van der Waals surface area contributed by atoms with E-state index in [0.717, 1.165) is 50.1 Å². The van der Waals surface area contributed by atoms with Crippen LogP contribution in [-0.4, -0.2) is 45.2 Å². The number of hydrogen-bond donors (Lipinski definition) is 1. The lowest BCUT2D eigenvalue weighted by molar-refractivity contribution is -0.137. The summed E-state index contributed by atoms with van der Waals surface area (Å²) >= 11 is 5.91.